The first-order valence-electron chi connectivity index (χ1n) is 11.4. The summed E-state index contributed by atoms with van der Waals surface area (Å²) in [6, 6.07) is 24.7. The van der Waals surface area contributed by atoms with E-state index in [2.05, 4.69) is 14.4 Å². The van der Waals surface area contributed by atoms with Gasteiger partial charge in [-0.1, -0.05) is 0 Å². The van der Waals surface area contributed by atoms with Gasteiger partial charge in [0, 0.05) is 17.1 Å². The third kappa shape index (κ3) is 8.33. The van der Waals surface area contributed by atoms with Gasteiger partial charge in [0.15, 0.2) is 0 Å². The number of nitrogen functional groups attached to an aromatic ring is 1. The Bertz CT molecular complexity index is 1670. The van der Waals surface area contributed by atoms with Crippen LogP contribution in [0.1, 0.15) is 0 Å². The molecule has 0 saturated carbocycles. The van der Waals surface area contributed by atoms with E-state index in [1.165, 1.54) is 49.6 Å². The fourth-order valence-electron chi connectivity index (χ4n) is 3.15. The standard InChI is InChI=1S/C14H12N2O4S.C13H14N2O3S/c1-20-13-6-2-12(3-7-13)16-21(18,19)14-8-4-11(5-9-14)15-10-17;1-18-12-6-4-11(5-7-12)15-19(16,17)13-8-2-10(14)3-9-13/h2-9,16H,1H3;2-9,15H,14H2,1H3. The van der Waals surface area contributed by atoms with Crippen molar-refractivity contribution in [3.8, 4) is 11.5 Å². The molecule has 11 nitrogen and oxygen atoms in total. The number of aliphatic imine (C=N–C) groups is 1. The minimum Gasteiger partial charge on any atom is -0.497 e. The lowest BCUT2D eigenvalue weighted by molar-refractivity contribution is 0.415. The summed E-state index contributed by atoms with van der Waals surface area (Å²) in [7, 11) is -4.21. The summed E-state index contributed by atoms with van der Waals surface area (Å²) < 4.78 is 63.5. The van der Waals surface area contributed by atoms with Gasteiger partial charge < -0.3 is 15.2 Å². The zero-order valence-corrected chi connectivity index (χ0v) is 23.1. The van der Waals surface area contributed by atoms with Crippen molar-refractivity contribution in [1.29, 1.82) is 0 Å². The third-order valence-corrected chi connectivity index (χ3v) is 7.99. The predicted octanol–water partition coefficient (Wildman–Crippen LogP) is 4.54. The average Bonchev–Trinajstić information content (AvgIpc) is 2.94. The van der Waals surface area contributed by atoms with Gasteiger partial charge in [-0.05, 0) is 97.1 Å². The van der Waals surface area contributed by atoms with Crippen LogP contribution in [-0.2, 0) is 24.8 Å². The Hall–Kier alpha value is -4.84. The van der Waals surface area contributed by atoms with Gasteiger partial charge in [0.05, 0.1) is 29.7 Å². The number of nitrogens with one attached hydrogen (secondary N) is 2. The summed E-state index contributed by atoms with van der Waals surface area (Å²) in [5, 5.41) is 0. The lowest BCUT2D eigenvalue weighted by atomic mass is 10.3. The van der Waals surface area contributed by atoms with Gasteiger partial charge in [-0.15, -0.1) is 0 Å². The van der Waals surface area contributed by atoms with E-state index in [1.807, 2.05) is 0 Å². The summed E-state index contributed by atoms with van der Waals surface area (Å²) in [4.78, 5) is 13.8. The number of rotatable bonds is 9. The Labute approximate surface area is 232 Å². The Balaban J connectivity index is 0.000000222. The summed E-state index contributed by atoms with van der Waals surface area (Å²) >= 11 is 0. The maximum Gasteiger partial charge on any atom is 0.261 e. The van der Waals surface area contributed by atoms with Crippen LogP contribution in [0, 0.1) is 0 Å². The predicted molar refractivity (Wildman–Crippen MR) is 153 cm³/mol. The summed E-state index contributed by atoms with van der Waals surface area (Å²) in [6.07, 6.45) is 1.39. The highest BCUT2D eigenvalue weighted by molar-refractivity contribution is 7.93. The first kappa shape index (κ1) is 29.7. The third-order valence-electron chi connectivity index (χ3n) is 5.20. The van der Waals surface area contributed by atoms with E-state index in [1.54, 1.807) is 67.8 Å². The number of carbonyl (C=O) groups excluding carboxylic acids is 1. The maximum absolute atomic E-state index is 12.2. The number of methoxy groups -OCH3 is 2. The topological polar surface area (TPSA) is 166 Å². The van der Waals surface area contributed by atoms with Crippen LogP contribution in [0.5, 0.6) is 11.5 Å². The highest BCUT2D eigenvalue weighted by Gasteiger charge is 2.15. The quantitative estimate of drug-likeness (QED) is 0.147. The normalized spacial score (nSPS) is 10.8. The molecule has 0 fully saturated rings. The minimum atomic E-state index is -3.70. The lowest BCUT2D eigenvalue weighted by Gasteiger charge is -2.08. The molecule has 0 atom stereocenters. The van der Waals surface area contributed by atoms with E-state index in [0.29, 0.717) is 34.2 Å². The molecule has 40 heavy (non-hydrogen) atoms. The van der Waals surface area contributed by atoms with E-state index in [0.717, 1.165) is 0 Å². The number of hydrogen-bond donors (Lipinski definition) is 3. The zero-order chi connectivity index (χ0) is 29.2. The molecule has 208 valence electrons. The van der Waals surface area contributed by atoms with Crippen molar-refractivity contribution in [2.24, 2.45) is 4.99 Å². The van der Waals surface area contributed by atoms with Crippen LogP contribution in [0.15, 0.2) is 112 Å². The summed E-state index contributed by atoms with van der Waals surface area (Å²) in [5.74, 6) is 1.30. The maximum atomic E-state index is 12.2. The number of isocyanates is 1. The molecular weight excluding hydrogens is 556 g/mol. The largest absolute Gasteiger partial charge is 0.497 e. The van der Waals surface area contributed by atoms with Crippen molar-refractivity contribution in [3.63, 3.8) is 0 Å². The number of ether oxygens (including phenoxy) is 2. The van der Waals surface area contributed by atoms with Crippen LogP contribution in [0.25, 0.3) is 0 Å². The lowest BCUT2D eigenvalue weighted by Crippen LogP contribution is -2.12. The molecule has 4 rings (SSSR count). The Morgan fingerprint density at radius 1 is 0.625 bits per heavy atom. The second-order valence-corrected chi connectivity index (χ2v) is 11.3. The number of nitrogens with zero attached hydrogens (tertiary/aromatic N) is 1. The van der Waals surface area contributed by atoms with Crippen LogP contribution in [-0.4, -0.2) is 37.1 Å². The number of anilines is 3. The number of hydrogen-bond acceptors (Lipinski definition) is 9. The number of benzene rings is 4. The highest BCUT2D eigenvalue weighted by Crippen LogP contribution is 2.22. The van der Waals surface area contributed by atoms with Gasteiger partial charge in [-0.2, -0.15) is 4.99 Å². The van der Waals surface area contributed by atoms with Crippen molar-refractivity contribution in [2.45, 2.75) is 9.79 Å². The van der Waals surface area contributed by atoms with Crippen molar-refractivity contribution < 1.29 is 31.1 Å². The Kier molecular flexibility index (Phi) is 9.87. The van der Waals surface area contributed by atoms with Crippen LogP contribution < -0.4 is 24.7 Å². The van der Waals surface area contributed by atoms with Crippen LogP contribution in [0.2, 0.25) is 0 Å². The van der Waals surface area contributed by atoms with Gasteiger partial charge in [0.2, 0.25) is 6.08 Å². The molecule has 13 heteroatoms. The molecule has 0 aliphatic heterocycles. The van der Waals surface area contributed by atoms with Gasteiger partial charge in [0.25, 0.3) is 20.0 Å². The van der Waals surface area contributed by atoms with Crippen molar-refractivity contribution in [1.82, 2.24) is 0 Å². The van der Waals surface area contributed by atoms with Gasteiger partial charge in [0.1, 0.15) is 11.5 Å². The van der Waals surface area contributed by atoms with Gasteiger partial charge in [-0.25, -0.2) is 21.6 Å². The Morgan fingerprint density at radius 2 is 1.00 bits per heavy atom. The van der Waals surface area contributed by atoms with Crippen LogP contribution in [0.3, 0.4) is 0 Å². The molecule has 0 aliphatic rings. The molecule has 0 aliphatic carbocycles. The molecule has 0 unspecified atom stereocenters. The highest BCUT2D eigenvalue weighted by atomic mass is 32.2. The molecule has 0 spiro atoms. The monoisotopic (exact) mass is 582 g/mol. The fourth-order valence-corrected chi connectivity index (χ4v) is 5.26. The summed E-state index contributed by atoms with van der Waals surface area (Å²) in [5.41, 5.74) is 7.28. The average molecular weight is 583 g/mol. The van der Waals surface area contributed by atoms with E-state index >= 15 is 0 Å². The fraction of sp³-hybridized carbons (Fsp3) is 0.0741. The molecular formula is C27H26N4O7S2. The van der Waals surface area contributed by atoms with Crippen molar-refractivity contribution in [3.05, 3.63) is 97.1 Å². The van der Waals surface area contributed by atoms with Crippen molar-refractivity contribution in [2.75, 3.05) is 29.4 Å². The van der Waals surface area contributed by atoms with Gasteiger partial charge in [-0.3, -0.25) is 9.44 Å². The first-order valence-corrected chi connectivity index (χ1v) is 14.4. The van der Waals surface area contributed by atoms with Gasteiger partial charge >= 0.3 is 0 Å². The molecule has 0 aromatic heterocycles. The number of sulfonamides is 2. The number of nitrogens with two attached hydrogens (primary N) is 1. The second kappa shape index (κ2) is 13.3. The van der Waals surface area contributed by atoms with E-state index in [9.17, 15) is 21.6 Å². The molecule has 4 aromatic rings. The minimum absolute atomic E-state index is 0.0724. The molecule has 0 amide bonds. The van der Waals surface area contributed by atoms with E-state index in [-0.39, 0.29) is 9.79 Å². The van der Waals surface area contributed by atoms with Crippen LogP contribution >= 0.6 is 0 Å². The molecule has 0 heterocycles. The molecule has 0 radical (unpaired) electrons. The zero-order valence-electron chi connectivity index (χ0n) is 21.4. The van der Waals surface area contributed by atoms with E-state index in [4.69, 9.17) is 15.2 Å². The second-order valence-electron chi connectivity index (χ2n) is 7.93. The molecule has 0 saturated heterocycles. The van der Waals surface area contributed by atoms with E-state index < -0.39 is 20.0 Å². The summed E-state index contributed by atoms with van der Waals surface area (Å²) in [6.45, 7) is 0. The SMILES string of the molecule is COc1ccc(NS(=O)(=O)c2ccc(N)cc2)cc1.COc1ccc(NS(=O)(=O)c2ccc(N=C=O)cc2)cc1. The molecule has 0 bridgehead atoms. The van der Waals surface area contributed by atoms with Crippen molar-refractivity contribution >= 4 is 48.9 Å². The first-order chi connectivity index (χ1) is 19.1. The Morgan fingerprint density at radius 3 is 1.35 bits per heavy atom. The molecule has 4 N–H and O–H groups in total. The molecule has 4 aromatic carbocycles. The smallest absolute Gasteiger partial charge is 0.261 e. The van der Waals surface area contributed by atoms with Crippen LogP contribution in [0.4, 0.5) is 22.7 Å².